The van der Waals surface area contributed by atoms with Crippen molar-refractivity contribution >= 4 is 5.78 Å². The molecule has 0 unspecified atom stereocenters. The molecule has 92 valence electrons. The Morgan fingerprint density at radius 1 is 1.24 bits per heavy atom. The summed E-state index contributed by atoms with van der Waals surface area (Å²) in [7, 11) is 2.07. The molecule has 17 heavy (non-hydrogen) atoms. The van der Waals surface area contributed by atoms with Gasteiger partial charge in [-0.3, -0.25) is 9.69 Å². The molecule has 2 rings (SSSR count). The standard InChI is InChI=1S/C15H21NO/c1-12-7-9-13(10-8-12)15(17)11-16(2)14-5-3-4-6-14/h7-10,14H,3-6,11H2,1-2H3. The Kier molecular flexibility index (Phi) is 3.95. The van der Waals surface area contributed by atoms with Crippen LogP contribution in [0.1, 0.15) is 41.6 Å². The van der Waals surface area contributed by atoms with Gasteiger partial charge in [0.15, 0.2) is 5.78 Å². The van der Waals surface area contributed by atoms with Crippen LogP contribution in [0.3, 0.4) is 0 Å². The van der Waals surface area contributed by atoms with E-state index in [1.54, 1.807) is 0 Å². The van der Waals surface area contributed by atoms with E-state index >= 15 is 0 Å². The van der Waals surface area contributed by atoms with Crippen LogP contribution in [-0.2, 0) is 0 Å². The quantitative estimate of drug-likeness (QED) is 0.742. The van der Waals surface area contributed by atoms with Gasteiger partial charge in [-0.05, 0) is 26.8 Å². The number of aryl methyl sites for hydroxylation is 1. The highest BCUT2D eigenvalue weighted by Gasteiger charge is 2.21. The lowest BCUT2D eigenvalue weighted by Crippen LogP contribution is -2.34. The number of rotatable bonds is 4. The molecule has 0 heterocycles. The van der Waals surface area contributed by atoms with Crippen molar-refractivity contribution in [2.75, 3.05) is 13.6 Å². The average Bonchev–Trinajstić information content (AvgIpc) is 2.83. The van der Waals surface area contributed by atoms with Gasteiger partial charge in [-0.1, -0.05) is 42.7 Å². The fraction of sp³-hybridized carbons (Fsp3) is 0.533. The van der Waals surface area contributed by atoms with Crippen LogP contribution < -0.4 is 0 Å². The number of nitrogens with zero attached hydrogens (tertiary/aromatic N) is 1. The number of carbonyl (C=O) groups is 1. The highest BCUT2D eigenvalue weighted by molar-refractivity contribution is 5.97. The van der Waals surface area contributed by atoms with E-state index in [-0.39, 0.29) is 5.78 Å². The van der Waals surface area contributed by atoms with E-state index in [9.17, 15) is 4.79 Å². The summed E-state index contributed by atoms with van der Waals surface area (Å²) < 4.78 is 0. The van der Waals surface area contributed by atoms with Crippen LogP contribution in [0.2, 0.25) is 0 Å². The van der Waals surface area contributed by atoms with Crippen LogP contribution in [0.15, 0.2) is 24.3 Å². The molecule has 0 amide bonds. The van der Waals surface area contributed by atoms with Crippen molar-refractivity contribution in [1.29, 1.82) is 0 Å². The molecule has 0 radical (unpaired) electrons. The molecule has 0 saturated heterocycles. The summed E-state index contributed by atoms with van der Waals surface area (Å²) >= 11 is 0. The lowest BCUT2D eigenvalue weighted by Gasteiger charge is -2.23. The first-order valence-corrected chi connectivity index (χ1v) is 6.47. The molecule has 1 aromatic carbocycles. The van der Waals surface area contributed by atoms with Gasteiger partial charge in [0.05, 0.1) is 6.54 Å². The summed E-state index contributed by atoms with van der Waals surface area (Å²) in [6.45, 7) is 2.59. The van der Waals surface area contributed by atoms with Crippen LogP contribution >= 0.6 is 0 Å². The van der Waals surface area contributed by atoms with E-state index in [0.29, 0.717) is 12.6 Å². The summed E-state index contributed by atoms with van der Waals surface area (Å²) in [5.74, 6) is 0.236. The van der Waals surface area contributed by atoms with Crippen LogP contribution in [0.5, 0.6) is 0 Å². The fourth-order valence-corrected chi connectivity index (χ4v) is 2.53. The Morgan fingerprint density at radius 2 is 1.82 bits per heavy atom. The minimum absolute atomic E-state index is 0.236. The van der Waals surface area contributed by atoms with E-state index in [1.165, 1.54) is 31.2 Å². The molecule has 0 N–H and O–H groups in total. The summed E-state index contributed by atoms with van der Waals surface area (Å²) in [5, 5.41) is 0. The summed E-state index contributed by atoms with van der Waals surface area (Å²) in [5.41, 5.74) is 2.03. The smallest absolute Gasteiger partial charge is 0.176 e. The van der Waals surface area contributed by atoms with Crippen molar-refractivity contribution in [2.24, 2.45) is 0 Å². The SMILES string of the molecule is Cc1ccc(C(=O)CN(C)C2CCCC2)cc1. The molecule has 1 aliphatic carbocycles. The molecule has 1 saturated carbocycles. The normalized spacial score (nSPS) is 16.6. The van der Waals surface area contributed by atoms with Crippen molar-refractivity contribution < 1.29 is 4.79 Å². The molecule has 1 aliphatic rings. The molecular weight excluding hydrogens is 210 g/mol. The van der Waals surface area contributed by atoms with E-state index in [4.69, 9.17) is 0 Å². The lowest BCUT2D eigenvalue weighted by molar-refractivity contribution is 0.0921. The predicted molar refractivity (Wildman–Crippen MR) is 70.4 cm³/mol. The third-order valence-corrected chi connectivity index (χ3v) is 3.71. The Hall–Kier alpha value is -1.15. The molecule has 1 aromatic rings. The molecule has 2 nitrogen and oxygen atoms in total. The number of benzene rings is 1. The maximum absolute atomic E-state index is 12.1. The zero-order chi connectivity index (χ0) is 12.3. The van der Waals surface area contributed by atoms with E-state index in [0.717, 1.165) is 5.56 Å². The molecule has 2 heteroatoms. The zero-order valence-corrected chi connectivity index (χ0v) is 10.8. The Morgan fingerprint density at radius 3 is 2.41 bits per heavy atom. The van der Waals surface area contributed by atoms with Gasteiger partial charge in [0.25, 0.3) is 0 Å². The van der Waals surface area contributed by atoms with E-state index in [2.05, 4.69) is 11.9 Å². The van der Waals surface area contributed by atoms with Gasteiger partial charge < -0.3 is 0 Å². The molecule has 0 spiro atoms. The maximum atomic E-state index is 12.1. The van der Waals surface area contributed by atoms with Crippen molar-refractivity contribution in [2.45, 2.75) is 38.6 Å². The van der Waals surface area contributed by atoms with E-state index in [1.807, 2.05) is 31.2 Å². The number of likely N-dealkylation sites (N-methyl/N-ethyl adjacent to an activating group) is 1. The topological polar surface area (TPSA) is 20.3 Å². The number of carbonyl (C=O) groups excluding carboxylic acids is 1. The predicted octanol–water partition coefficient (Wildman–Crippen LogP) is 3.05. The largest absolute Gasteiger partial charge is 0.296 e. The zero-order valence-electron chi connectivity index (χ0n) is 10.8. The van der Waals surface area contributed by atoms with E-state index < -0.39 is 0 Å². The first-order chi connectivity index (χ1) is 8.16. The summed E-state index contributed by atoms with van der Waals surface area (Å²) in [4.78, 5) is 14.3. The third kappa shape index (κ3) is 3.16. The average molecular weight is 231 g/mol. The van der Waals surface area contributed by atoms with Crippen LogP contribution in [-0.4, -0.2) is 30.3 Å². The van der Waals surface area contributed by atoms with Gasteiger partial charge >= 0.3 is 0 Å². The number of hydrogen-bond donors (Lipinski definition) is 0. The number of Topliss-reactive ketones (excluding diaryl/α,β-unsaturated/α-hetero) is 1. The third-order valence-electron chi connectivity index (χ3n) is 3.71. The molecule has 0 aliphatic heterocycles. The van der Waals surface area contributed by atoms with Crippen molar-refractivity contribution in [1.82, 2.24) is 4.90 Å². The summed E-state index contributed by atoms with van der Waals surface area (Å²) in [6.07, 6.45) is 5.12. The molecule has 0 aromatic heterocycles. The van der Waals surface area contributed by atoms with Gasteiger partial charge in [-0.25, -0.2) is 0 Å². The van der Waals surface area contributed by atoms with Crippen LogP contribution in [0.4, 0.5) is 0 Å². The Balaban J connectivity index is 1.94. The highest BCUT2D eigenvalue weighted by atomic mass is 16.1. The Bertz CT molecular complexity index is 376. The molecule has 1 fully saturated rings. The maximum Gasteiger partial charge on any atom is 0.176 e. The monoisotopic (exact) mass is 231 g/mol. The molecular formula is C15H21NO. The van der Waals surface area contributed by atoms with Crippen LogP contribution in [0.25, 0.3) is 0 Å². The second kappa shape index (κ2) is 5.46. The Labute approximate surface area is 104 Å². The van der Waals surface area contributed by atoms with Crippen LogP contribution in [0, 0.1) is 6.92 Å². The van der Waals surface area contributed by atoms with Crippen molar-refractivity contribution in [3.05, 3.63) is 35.4 Å². The van der Waals surface area contributed by atoms with Gasteiger partial charge in [-0.2, -0.15) is 0 Å². The molecule has 0 bridgehead atoms. The minimum atomic E-state index is 0.236. The summed E-state index contributed by atoms with van der Waals surface area (Å²) in [6, 6.07) is 8.48. The number of ketones is 1. The lowest BCUT2D eigenvalue weighted by atomic mass is 10.1. The first-order valence-electron chi connectivity index (χ1n) is 6.47. The van der Waals surface area contributed by atoms with Gasteiger partial charge in [0.2, 0.25) is 0 Å². The van der Waals surface area contributed by atoms with Gasteiger partial charge in [-0.15, -0.1) is 0 Å². The second-order valence-electron chi connectivity index (χ2n) is 5.14. The molecule has 0 atom stereocenters. The van der Waals surface area contributed by atoms with Crippen molar-refractivity contribution in [3.63, 3.8) is 0 Å². The minimum Gasteiger partial charge on any atom is -0.296 e. The fourth-order valence-electron chi connectivity index (χ4n) is 2.53. The highest BCUT2D eigenvalue weighted by Crippen LogP contribution is 2.22. The second-order valence-corrected chi connectivity index (χ2v) is 5.14. The van der Waals surface area contributed by atoms with Gasteiger partial charge in [0, 0.05) is 11.6 Å². The van der Waals surface area contributed by atoms with Crippen molar-refractivity contribution in [3.8, 4) is 0 Å². The number of hydrogen-bond acceptors (Lipinski definition) is 2. The van der Waals surface area contributed by atoms with Gasteiger partial charge in [0.1, 0.15) is 0 Å². The first kappa shape index (κ1) is 12.3.